The van der Waals surface area contributed by atoms with Gasteiger partial charge < -0.3 is 15.3 Å². The van der Waals surface area contributed by atoms with Gasteiger partial charge in [0.25, 0.3) is 5.91 Å². The molecule has 1 saturated carbocycles. The summed E-state index contributed by atoms with van der Waals surface area (Å²) in [5.74, 6) is 0.469. The molecule has 2 atom stereocenters. The van der Waals surface area contributed by atoms with Crippen molar-refractivity contribution in [3.8, 4) is 0 Å². The summed E-state index contributed by atoms with van der Waals surface area (Å²) in [5, 5.41) is 17.6. The maximum absolute atomic E-state index is 12.5. The number of aliphatic hydroxyl groups is 1. The lowest BCUT2D eigenvalue weighted by Crippen LogP contribution is -2.52. The molecule has 1 heterocycles. The molecule has 1 saturated heterocycles. The first-order valence-corrected chi connectivity index (χ1v) is 9.94. The quantitative estimate of drug-likeness (QED) is 0.597. The van der Waals surface area contributed by atoms with Crippen LogP contribution in [0.4, 0.5) is 0 Å². The Balaban J connectivity index is 1.95. The Morgan fingerprint density at radius 1 is 1.23 bits per heavy atom. The molecule has 0 aromatic heterocycles. The average molecular weight is 367 g/mol. The molecule has 0 aromatic rings. The fraction of sp³-hybridized carbons (Fsp3) is 0.842. The molecule has 2 amide bonds. The van der Waals surface area contributed by atoms with Crippen molar-refractivity contribution in [2.45, 2.75) is 77.4 Å². The molecule has 3 N–H and O–H groups in total. The first-order valence-electron chi connectivity index (χ1n) is 9.94. The van der Waals surface area contributed by atoms with Crippen molar-refractivity contribution in [2.75, 3.05) is 13.6 Å². The van der Waals surface area contributed by atoms with Gasteiger partial charge in [0.2, 0.25) is 5.91 Å². The number of hydrazone groups is 1. The molecule has 7 nitrogen and oxygen atoms in total. The number of likely N-dealkylation sites (tertiary alicyclic amines) is 1. The van der Waals surface area contributed by atoms with Gasteiger partial charge in [-0.3, -0.25) is 9.59 Å². The predicted molar refractivity (Wildman–Crippen MR) is 101 cm³/mol. The fourth-order valence-electron chi connectivity index (χ4n) is 3.74. The van der Waals surface area contributed by atoms with Crippen molar-refractivity contribution in [2.24, 2.45) is 16.9 Å². The van der Waals surface area contributed by atoms with Crippen LogP contribution in [0.25, 0.3) is 0 Å². The SMILES string of the molecule is CC(C)C[C@H](NC(=O)C1CCCCC1)C(O)C(=O)N/N=C1\CCCN1C. The van der Waals surface area contributed by atoms with E-state index in [0.29, 0.717) is 6.42 Å². The molecule has 2 aliphatic rings. The van der Waals surface area contributed by atoms with Gasteiger partial charge in [0.1, 0.15) is 5.84 Å². The first kappa shape index (κ1) is 20.7. The van der Waals surface area contributed by atoms with E-state index in [4.69, 9.17) is 0 Å². The minimum absolute atomic E-state index is 0.000977. The minimum Gasteiger partial charge on any atom is -0.381 e. The van der Waals surface area contributed by atoms with E-state index in [1.807, 2.05) is 25.8 Å². The molecule has 1 aliphatic heterocycles. The monoisotopic (exact) mass is 366 g/mol. The van der Waals surface area contributed by atoms with Gasteiger partial charge in [-0.25, -0.2) is 5.43 Å². The van der Waals surface area contributed by atoms with Crippen LogP contribution in [0.15, 0.2) is 5.10 Å². The van der Waals surface area contributed by atoms with Gasteiger partial charge in [-0.2, -0.15) is 5.10 Å². The zero-order valence-corrected chi connectivity index (χ0v) is 16.3. The predicted octanol–water partition coefficient (Wildman–Crippen LogP) is 1.61. The zero-order chi connectivity index (χ0) is 19.1. The van der Waals surface area contributed by atoms with Crippen LogP contribution in [0, 0.1) is 11.8 Å². The van der Waals surface area contributed by atoms with E-state index < -0.39 is 18.1 Å². The highest BCUT2D eigenvalue weighted by molar-refractivity contribution is 5.87. The summed E-state index contributed by atoms with van der Waals surface area (Å²) in [6.45, 7) is 4.95. The summed E-state index contributed by atoms with van der Waals surface area (Å²) in [6, 6.07) is -0.592. The van der Waals surface area contributed by atoms with E-state index >= 15 is 0 Å². The van der Waals surface area contributed by atoms with Crippen molar-refractivity contribution in [1.29, 1.82) is 0 Å². The number of nitrogens with one attached hydrogen (secondary N) is 2. The van der Waals surface area contributed by atoms with E-state index in [0.717, 1.165) is 50.9 Å². The van der Waals surface area contributed by atoms with Crippen LogP contribution in [0.2, 0.25) is 0 Å². The number of carbonyl (C=O) groups excluding carboxylic acids is 2. The van der Waals surface area contributed by atoms with Crippen LogP contribution in [0.5, 0.6) is 0 Å². The van der Waals surface area contributed by atoms with E-state index in [2.05, 4.69) is 15.8 Å². The Hall–Kier alpha value is -1.63. The van der Waals surface area contributed by atoms with E-state index in [-0.39, 0.29) is 17.7 Å². The highest BCUT2D eigenvalue weighted by Gasteiger charge is 2.31. The second-order valence-corrected chi connectivity index (χ2v) is 8.05. The molecule has 0 aromatic carbocycles. The van der Waals surface area contributed by atoms with Crippen LogP contribution < -0.4 is 10.7 Å². The molecule has 148 valence electrons. The van der Waals surface area contributed by atoms with Gasteiger partial charge in [0.05, 0.1) is 6.04 Å². The van der Waals surface area contributed by atoms with Crippen molar-refractivity contribution in [1.82, 2.24) is 15.6 Å². The van der Waals surface area contributed by atoms with Crippen molar-refractivity contribution >= 4 is 17.6 Å². The first-order chi connectivity index (χ1) is 12.4. The Morgan fingerprint density at radius 3 is 2.50 bits per heavy atom. The van der Waals surface area contributed by atoms with Crippen LogP contribution in [-0.4, -0.2) is 53.4 Å². The summed E-state index contributed by atoms with van der Waals surface area (Å²) < 4.78 is 0. The number of rotatable bonds is 7. The maximum atomic E-state index is 12.5. The molecule has 0 bridgehead atoms. The van der Waals surface area contributed by atoms with Crippen LogP contribution in [0.1, 0.15) is 65.2 Å². The molecule has 7 heteroatoms. The van der Waals surface area contributed by atoms with Gasteiger partial charge in [0.15, 0.2) is 6.10 Å². The minimum atomic E-state index is -1.30. The largest absolute Gasteiger partial charge is 0.381 e. The molecule has 1 aliphatic carbocycles. The molecule has 26 heavy (non-hydrogen) atoms. The molecule has 2 fully saturated rings. The Labute approximate surface area is 156 Å². The normalized spacial score (nSPS) is 22.5. The molecule has 2 rings (SSSR count). The van der Waals surface area contributed by atoms with Gasteiger partial charge in [-0.1, -0.05) is 33.1 Å². The second kappa shape index (κ2) is 9.90. The fourth-order valence-corrected chi connectivity index (χ4v) is 3.74. The molecule has 0 radical (unpaired) electrons. The van der Waals surface area contributed by atoms with Crippen molar-refractivity contribution < 1.29 is 14.7 Å². The molecule has 1 unspecified atom stereocenters. The van der Waals surface area contributed by atoms with Gasteiger partial charge in [0, 0.05) is 25.9 Å². The summed E-state index contributed by atoms with van der Waals surface area (Å²) >= 11 is 0. The lowest BCUT2D eigenvalue weighted by Gasteiger charge is -2.28. The number of hydrogen-bond acceptors (Lipinski definition) is 4. The number of aliphatic hydroxyl groups excluding tert-OH is 1. The summed E-state index contributed by atoms with van der Waals surface area (Å²) in [4.78, 5) is 26.9. The van der Waals surface area contributed by atoms with Crippen molar-refractivity contribution in [3.63, 3.8) is 0 Å². The third kappa shape index (κ3) is 5.97. The highest BCUT2D eigenvalue weighted by Crippen LogP contribution is 2.24. The highest BCUT2D eigenvalue weighted by atomic mass is 16.3. The van der Waals surface area contributed by atoms with E-state index in [1.54, 1.807) is 0 Å². The summed E-state index contributed by atoms with van der Waals surface area (Å²) in [7, 11) is 1.93. The van der Waals surface area contributed by atoms with Crippen LogP contribution in [-0.2, 0) is 9.59 Å². The third-order valence-electron chi connectivity index (χ3n) is 5.31. The van der Waals surface area contributed by atoms with E-state index in [1.165, 1.54) is 6.42 Å². The van der Waals surface area contributed by atoms with E-state index in [9.17, 15) is 14.7 Å². The zero-order valence-electron chi connectivity index (χ0n) is 16.3. The summed E-state index contributed by atoms with van der Waals surface area (Å²) in [6.07, 6.45) is 6.18. The molecular formula is C19H34N4O3. The van der Waals surface area contributed by atoms with Gasteiger partial charge >= 0.3 is 0 Å². The molecule has 0 spiro atoms. The number of amidine groups is 1. The number of nitrogens with zero attached hydrogens (tertiary/aromatic N) is 2. The van der Waals surface area contributed by atoms with Crippen LogP contribution in [0.3, 0.4) is 0 Å². The Bertz CT molecular complexity index is 515. The lowest BCUT2D eigenvalue weighted by atomic mass is 9.88. The number of amides is 2. The second-order valence-electron chi connectivity index (χ2n) is 8.05. The lowest BCUT2D eigenvalue weighted by molar-refractivity contribution is -0.133. The van der Waals surface area contributed by atoms with Crippen molar-refractivity contribution in [3.05, 3.63) is 0 Å². The van der Waals surface area contributed by atoms with Crippen LogP contribution >= 0.6 is 0 Å². The van der Waals surface area contributed by atoms with Gasteiger partial charge in [-0.15, -0.1) is 0 Å². The Morgan fingerprint density at radius 2 is 1.92 bits per heavy atom. The summed E-state index contributed by atoms with van der Waals surface area (Å²) in [5.41, 5.74) is 2.47. The standard InChI is InChI=1S/C19H34N4O3/c1-13(2)12-15(20-18(25)14-8-5-4-6-9-14)17(24)19(26)22-21-16-10-7-11-23(16)3/h13-15,17,24H,4-12H2,1-3H3,(H,20,25)(H,22,26)/b21-16+/t15-,17?/m0/s1. The topological polar surface area (TPSA) is 94.0 Å². The average Bonchev–Trinajstić information content (AvgIpc) is 3.03. The number of carbonyl (C=O) groups is 2. The Kier molecular flexibility index (Phi) is 7.87. The third-order valence-corrected chi connectivity index (χ3v) is 5.31. The van der Waals surface area contributed by atoms with Gasteiger partial charge in [-0.05, 0) is 31.6 Å². The smallest absolute Gasteiger partial charge is 0.271 e. The number of hydrogen-bond donors (Lipinski definition) is 3. The molecular weight excluding hydrogens is 332 g/mol. The maximum Gasteiger partial charge on any atom is 0.271 e.